The number of esters is 1. The molecule has 29 heavy (non-hydrogen) atoms. The molecular weight excluding hydrogens is 360 g/mol. The van der Waals surface area contributed by atoms with Gasteiger partial charge < -0.3 is 4.74 Å². The molecule has 5 rings (SSSR count). The largest absolute Gasteiger partial charge is 0.458 e. The highest BCUT2D eigenvalue weighted by molar-refractivity contribution is 5.89. The average molecular weight is 393 g/mol. The maximum absolute atomic E-state index is 12.6. The van der Waals surface area contributed by atoms with Gasteiger partial charge in [-0.15, -0.1) is 0 Å². The van der Waals surface area contributed by atoms with E-state index in [1.807, 2.05) is 30.3 Å². The molecule has 0 aromatic heterocycles. The van der Waals surface area contributed by atoms with Gasteiger partial charge in [0.25, 0.3) is 0 Å². The maximum Gasteiger partial charge on any atom is 0.338 e. The van der Waals surface area contributed by atoms with Crippen LogP contribution in [-0.4, -0.2) is 17.9 Å². The van der Waals surface area contributed by atoms with Crippen LogP contribution in [0.1, 0.15) is 75.6 Å². The molecule has 6 atom stereocenters. The molecular formula is C26H32O3. The molecule has 3 nitrogen and oxygen atoms in total. The van der Waals surface area contributed by atoms with Crippen molar-refractivity contribution in [3.8, 4) is 0 Å². The monoisotopic (exact) mass is 392 g/mol. The van der Waals surface area contributed by atoms with Crippen LogP contribution in [0.3, 0.4) is 0 Å². The molecule has 0 unspecified atom stereocenters. The first-order chi connectivity index (χ1) is 13.9. The van der Waals surface area contributed by atoms with E-state index in [0.717, 1.165) is 44.9 Å². The summed E-state index contributed by atoms with van der Waals surface area (Å²) in [5.41, 5.74) is 2.29. The number of carbonyl (C=O) groups excluding carboxylic acids is 2. The fraction of sp³-hybridized carbons (Fsp3) is 0.615. The molecule has 0 aliphatic heterocycles. The number of Topliss-reactive ketones (excluding diaryl/α,β-unsaturated/α-hetero) is 1. The standard InChI is InChI=1S/C26H32O3/c1-25-14-12-19(29-24(28)17-6-4-3-5-7-17)16-18(25)8-9-20-21-10-11-23(27)26(21,2)15-13-22(20)25/h3-8,19-22H,9-16H2,1-2H3/t19-,20-,21-,22-,25-,26-/m0/s1. The molecule has 3 saturated carbocycles. The second-order valence-corrected chi connectivity index (χ2v) is 10.3. The molecule has 1 aromatic carbocycles. The lowest BCUT2D eigenvalue weighted by molar-refractivity contribution is -0.132. The van der Waals surface area contributed by atoms with E-state index in [1.165, 1.54) is 12.0 Å². The molecule has 3 heteroatoms. The second-order valence-electron chi connectivity index (χ2n) is 10.3. The number of ether oxygens (including phenoxy) is 1. The van der Waals surface area contributed by atoms with Crippen LogP contribution in [0.2, 0.25) is 0 Å². The fourth-order valence-corrected chi connectivity index (χ4v) is 7.29. The Hall–Kier alpha value is -1.90. The summed E-state index contributed by atoms with van der Waals surface area (Å²) in [6.45, 7) is 4.69. The van der Waals surface area contributed by atoms with Crippen LogP contribution >= 0.6 is 0 Å². The molecule has 0 saturated heterocycles. The SMILES string of the molecule is C[C@]12CC[C@H](OC(=O)c3ccccc3)CC1=CC[C@@H]1[C@@H]2CC[C@]2(C)C(=O)CC[C@@H]12. The van der Waals surface area contributed by atoms with E-state index < -0.39 is 0 Å². The van der Waals surface area contributed by atoms with Gasteiger partial charge in [-0.3, -0.25) is 4.79 Å². The zero-order valence-electron chi connectivity index (χ0n) is 17.7. The van der Waals surface area contributed by atoms with Gasteiger partial charge in [0.05, 0.1) is 5.56 Å². The summed E-state index contributed by atoms with van der Waals surface area (Å²) in [7, 11) is 0. The van der Waals surface area contributed by atoms with E-state index in [-0.39, 0.29) is 22.9 Å². The lowest BCUT2D eigenvalue weighted by atomic mass is 9.48. The third kappa shape index (κ3) is 2.92. The van der Waals surface area contributed by atoms with Gasteiger partial charge in [-0.25, -0.2) is 4.79 Å². The second kappa shape index (κ2) is 6.82. The first-order valence-corrected chi connectivity index (χ1v) is 11.4. The Morgan fingerprint density at radius 3 is 2.52 bits per heavy atom. The summed E-state index contributed by atoms with van der Waals surface area (Å²) in [5.74, 6) is 2.20. The Morgan fingerprint density at radius 1 is 1.00 bits per heavy atom. The van der Waals surface area contributed by atoms with Crippen LogP contribution in [0.5, 0.6) is 0 Å². The number of allylic oxidation sites excluding steroid dienone is 1. The van der Waals surface area contributed by atoms with Crippen molar-refractivity contribution in [1.29, 1.82) is 0 Å². The quantitative estimate of drug-likeness (QED) is 0.476. The highest BCUT2D eigenvalue weighted by Gasteiger charge is 2.58. The van der Waals surface area contributed by atoms with Crippen molar-refractivity contribution in [2.75, 3.05) is 0 Å². The van der Waals surface area contributed by atoms with Crippen molar-refractivity contribution in [2.45, 2.75) is 71.3 Å². The van der Waals surface area contributed by atoms with Crippen LogP contribution < -0.4 is 0 Å². The van der Waals surface area contributed by atoms with Gasteiger partial charge in [0.15, 0.2) is 0 Å². The van der Waals surface area contributed by atoms with Crippen LogP contribution in [0.15, 0.2) is 42.0 Å². The topological polar surface area (TPSA) is 43.4 Å². The molecule has 1 aromatic rings. The fourth-order valence-electron chi connectivity index (χ4n) is 7.29. The summed E-state index contributed by atoms with van der Waals surface area (Å²) in [5, 5.41) is 0. The minimum Gasteiger partial charge on any atom is -0.458 e. The molecule has 0 N–H and O–H groups in total. The predicted octanol–water partition coefficient (Wildman–Crippen LogP) is 5.74. The van der Waals surface area contributed by atoms with E-state index in [4.69, 9.17) is 4.74 Å². The first-order valence-electron chi connectivity index (χ1n) is 11.4. The van der Waals surface area contributed by atoms with Crippen LogP contribution in [0.4, 0.5) is 0 Å². The number of fused-ring (bicyclic) bond motifs is 5. The van der Waals surface area contributed by atoms with E-state index in [1.54, 1.807) is 0 Å². The lowest BCUT2D eigenvalue weighted by Crippen LogP contribution is -2.50. The first kappa shape index (κ1) is 19.1. The number of benzene rings is 1. The number of carbonyl (C=O) groups is 2. The summed E-state index contributed by atoms with van der Waals surface area (Å²) in [6, 6.07) is 9.31. The van der Waals surface area contributed by atoms with E-state index in [2.05, 4.69) is 19.9 Å². The Morgan fingerprint density at radius 2 is 1.72 bits per heavy atom. The Labute approximate surface area is 173 Å². The zero-order chi connectivity index (χ0) is 20.2. The molecule has 0 amide bonds. The molecule has 0 radical (unpaired) electrons. The van der Waals surface area contributed by atoms with Crippen LogP contribution in [0.25, 0.3) is 0 Å². The Balaban J connectivity index is 1.33. The Kier molecular flexibility index (Phi) is 4.49. The minimum atomic E-state index is -0.202. The molecule has 154 valence electrons. The van der Waals surface area contributed by atoms with Gasteiger partial charge in [-0.2, -0.15) is 0 Å². The summed E-state index contributed by atoms with van der Waals surface area (Å²) in [6.07, 6.45) is 10.6. The van der Waals surface area contributed by atoms with Gasteiger partial charge in [-0.1, -0.05) is 43.7 Å². The molecule has 3 fully saturated rings. The number of ketones is 1. The molecule has 4 aliphatic rings. The smallest absolute Gasteiger partial charge is 0.338 e. The zero-order valence-corrected chi connectivity index (χ0v) is 17.7. The Bertz CT molecular complexity index is 856. The summed E-state index contributed by atoms with van der Waals surface area (Å²) in [4.78, 5) is 25.1. The maximum atomic E-state index is 12.6. The highest BCUT2D eigenvalue weighted by Crippen LogP contribution is 2.64. The van der Waals surface area contributed by atoms with Gasteiger partial charge >= 0.3 is 5.97 Å². The van der Waals surface area contributed by atoms with Crippen molar-refractivity contribution in [2.24, 2.45) is 28.6 Å². The normalized spacial score (nSPS) is 41.0. The van der Waals surface area contributed by atoms with E-state index >= 15 is 0 Å². The van der Waals surface area contributed by atoms with Crippen LogP contribution in [-0.2, 0) is 9.53 Å². The number of hydrogen-bond donors (Lipinski definition) is 0. The van der Waals surface area contributed by atoms with Gasteiger partial charge in [0.2, 0.25) is 0 Å². The van der Waals surface area contributed by atoms with Gasteiger partial charge in [0.1, 0.15) is 11.9 Å². The predicted molar refractivity (Wildman–Crippen MR) is 112 cm³/mol. The summed E-state index contributed by atoms with van der Waals surface area (Å²) >= 11 is 0. The summed E-state index contributed by atoms with van der Waals surface area (Å²) < 4.78 is 5.88. The van der Waals surface area contributed by atoms with E-state index in [9.17, 15) is 9.59 Å². The number of rotatable bonds is 2. The van der Waals surface area contributed by atoms with Crippen LogP contribution in [0, 0.1) is 28.6 Å². The van der Waals surface area contributed by atoms with Crippen molar-refractivity contribution < 1.29 is 14.3 Å². The van der Waals surface area contributed by atoms with Crippen molar-refractivity contribution in [1.82, 2.24) is 0 Å². The lowest BCUT2D eigenvalue weighted by Gasteiger charge is -2.56. The van der Waals surface area contributed by atoms with Gasteiger partial charge in [0, 0.05) is 18.3 Å². The highest BCUT2D eigenvalue weighted by atomic mass is 16.5. The van der Waals surface area contributed by atoms with Crippen molar-refractivity contribution in [3.63, 3.8) is 0 Å². The van der Waals surface area contributed by atoms with Crippen molar-refractivity contribution >= 4 is 11.8 Å². The molecule has 0 heterocycles. The van der Waals surface area contributed by atoms with Crippen molar-refractivity contribution in [3.05, 3.63) is 47.5 Å². The molecule has 4 aliphatic carbocycles. The van der Waals surface area contributed by atoms with E-state index in [0.29, 0.717) is 29.1 Å². The average Bonchev–Trinajstić information content (AvgIpc) is 3.03. The third-order valence-electron chi connectivity index (χ3n) is 9.05. The third-order valence-corrected chi connectivity index (χ3v) is 9.05. The minimum absolute atomic E-state index is 0.0134. The molecule has 0 spiro atoms. The van der Waals surface area contributed by atoms with Gasteiger partial charge in [-0.05, 0) is 73.8 Å². The molecule has 0 bridgehead atoms. The number of hydrogen-bond acceptors (Lipinski definition) is 3.